The molecule has 0 amide bonds. The van der Waals surface area contributed by atoms with Gasteiger partial charge >= 0.3 is 0 Å². The number of para-hydroxylation sites is 2. The molecule has 0 unspecified atom stereocenters. The van der Waals surface area contributed by atoms with Gasteiger partial charge < -0.3 is 37.6 Å². The molecule has 0 radical (unpaired) electrons. The Morgan fingerprint density at radius 3 is 2.44 bits per heavy atom. The van der Waals surface area contributed by atoms with Gasteiger partial charge in [-0.05, 0) is 25.1 Å². The first-order chi connectivity index (χ1) is 12.4. The van der Waals surface area contributed by atoms with Gasteiger partial charge in [0.05, 0.1) is 45.4 Å². The van der Waals surface area contributed by atoms with Crippen LogP contribution in [0.15, 0.2) is 52.9 Å². The Morgan fingerprint density at radius 2 is 1.70 bits per heavy atom. The zero-order valence-corrected chi connectivity index (χ0v) is 18.4. The number of ketones is 1. The minimum absolute atomic E-state index is 0. The van der Waals surface area contributed by atoms with Crippen LogP contribution in [-0.4, -0.2) is 44.6 Å². The van der Waals surface area contributed by atoms with Crippen molar-refractivity contribution in [1.82, 2.24) is 0 Å². The second-order valence-corrected chi connectivity index (χ2v) is 7.57. The molecule has 27 heavy (non-hydrogen) atoms. The number of nitrogens with zero attached hydrogens (tertiary/aromatic N) is 1. The minimum atomic E-state index is -0.0605. The molecule has 3 aromatic rings. The van der Waals surface area contributed by atoms with Gasteiger partial charge in [-0.3, -0.25) is 4.79 Å². The van der Waals surface area contributed by atoms with Gasteiger partial charge in [0.25, 0.3) is 0 Å². The number of benzene rings is 2. The van der Waals surface area contributed by atoms with E-state index in [9.17, 15) is 4.79 Å². The highest BCUT2D eigenvalue weighted by Crippen LogP contribution is 2.30. The van der Waals surface area contributed by atoms with Crippen LogP contribution in [0.25, 0.3) is 11.0 Å². The first-order valence-corrected chi connectivity index (χ1v) is 8.92. The van der Waals surface area contributed by atoms with Crippen molar-refractivity contribution in [2.75, 3.05) is 34.3 Å². The van der Waals surface area contributed by atoms with Crippen molar-refractivity contribution in [3.8, 4) is 5.75 Å². The molecule has 3 rings (SSSR count). The van der Waals surface area contributed by atoms with Crippen LogP contribution in [0.1, 0.15) is 28.1 Å². The van der Waals surface area contributed by atoms with Gasteiger partial charge in [0.2, 0.25) is 5.78 Å². The molecule has 0 spiro atoms. The number of halogens is 1. The van der Waals surface area contributed by atoms with Crippen LogP contribution >= 0.6 is 0 Å². The van der Waals surface area contributed by atoms with E-state index in [0.29, 0.717) is 29.2 Å². The van der Waals surface area contributed by atoms with Crippen LogP contribution in [-0.2, 0) is 0 Å². The Labute approximate surface area is 177 Å². The summed E-state index contributed by atoms with van der Waals surface area (Å²) < 4.78 is 12.6. The van der Waals surface area contributed by atoms with Crippen LogP contribution in [0.2, 0.25) is 0 Å². The minimum Gasteiger partial charge on any atom is -1.00 e. The van der Waals surface area contributed by atoms with E-state index in [-0.39, 0.29) is 29.8 Å². The summed E-state index contributed by atoms with van der Waals surface area (Å²) in [7, 11) is 6.47. The van der Waals surface area contributed by atoms with Crippen LogP contribution in [0, 0.1) is 6.92 Å². The molecule has 1 aromatic heterocycles. The van der Waals surface area contributed by atoms with E-state index in [1.807, 2.05) is 55.5 Å². The number of rotatable bonds is 7. The van der Waals surface area contributed by atoms with E-state index in [0.717, 1.165) is 28.4 Å². The van der Waals surface area contributed by atoms with E-state index < -0.39 is 0 Å². The number of hydrogen-bond acceptors (Lipinski definition) is 3. The smallest absolute Gasteiger partial charge is 0.200 e. The summed E-state index contributed by atoms with van der Waals surface area (Å²) in [5, 5.41) is 0.842. The molecule has 0 bridgehead atoms. The molecular weight excluding hydrogens is 453 g/mol. The second kappa shape index (κ2) is 8.89. The zero-order valence-electron chi connectivity index (χ0n) is 16.3. The maximum atomic E-state index is 13.2. The van der Waals surface area contributed by atoms with Crippen molar-refractivity contribution >= 4 is 16.8 Å². The molecule has 0 atom stereocenters. The first kappa shape index (κ1) is 21.4. The summed E-state index contributed by atoms with van der Waals surface area (Å²) in [5.41, 5.74) is 1.92. The molecule has 0 aliphatic heterocycles. The fourth-order valence-electron chi connectivity index (χ4n) is 3.09. The SMILES string of the molecule is Cc1oc2ccccc2c1C(=O)c1ccccc1OCCC[N+](C)(C)C.[I-]. The molecule has 5 heteroatoms. The van der Waals surface area contributed by atoms with Crippen molar-refractivity contribution < 1.29 is 42.4 Å². The lowest BCUT2D eigenvalue weighted by molar-refractivity contribution is -0.870. The average molecular weight is 479 g/mol. The van der Waals surface area contributed by atoms with Crippen molar-refractivity contribution in [3.05, 3.63) is 65.4 Å². The summed E-state index contributed by atoms with van der Waals surface area (Å²) >= 11 is 0. The Balaban J connectivity index is 0.00000261. The molecule has 0 aliphatic carbocycles. The average Bonchev–Trinajstić information content (AvgIpc) is 2.93. The molecule has 0 saturated carbocycles. The Morgan fingerprint density at radius 1 is 1.04 bits per heavy atom. The molecule has 0 fully saturated rings. The summed E-state index contributed by atoms with van der Waals surface area (Å²) in [6, 6.07) is 15.1. The molecule has 0 saturated heterocycles. The van der Waals surface area contributed by atoms with Crippen molar-refractivity contribution in [2.45, 2.75) is 13.3 Å². The van der Waals surface area contributed by atoms with Gasteiger partial charge in [0.1, 0.15) is 17.1 Å². The van der Waals surface area contributed by atoms with E-state index in [1.54, 1.807) is 0 Å². The monoisotopic (exact) mass is 479 g/mol. The number of aryl methyl sites for hydroxylation is 1. The maximum absolute atomic E-state index is 13.2. The molecule has 0 aliphatic rings. The zero-order chi connectivity index (χ0) is 18.7. The lowest BCUT2D eigenvalue weighted by atomic mass is 10.00. The predicted octanol–water partition coefficient (Wildman–Crippen LogP) is 1.45. The lowest BCUT2D eigenvalue weighted by Gasteiger charge is -2.23. The van der Waals surface area contributed by atoms with E-state index in [2.05, 4.69) is 21.1 Å². The van der Waals surface area contributed by atoms with Crippen LogP contribution in [0.3, 0.4) is 0 Å². The number of carbonyl (C=O) groups is 1. The number of hydrogen-bond donors (Lipinski definition) is 0. The lowest BCUT2D eigenvalue weighted by Crippen LogP contribution is -3.00. The molecule has 2 aromatic carbocycles. The van der Waals surface area contributed by atoms with E-state index in [4.69, 9.17) is 9.15 Å². The predicted molar refractivity (Wildman–Crippen MR) is 104 cm³/mol. The van der Waals surface area contributed by atoms with Gasteiger partial charge in [-0.1, -0.05) is 30.3 Å². The summed E-state index contributed by atoms with van der Waals surface area (Å²) in [4.78, 5) is 13.2. The van der Waals surface area contributed by atoms with Crippen molar-refractivity contribution in [3.63, 3.8) is 0 Å². The maximum Gasteiger partial charge on any atom is 0.200 e. The molecular formula is C22H26INO3. The Bertz CT molecular complexity index is 925. The number of fused-ring (bicyclic) bond motifs is 1. The first-order valence-electron chi connectivity index (χ1n) is 8.92. The Kier molecular flexibility index (Phi) is 7.06. The van der Waals surface area contributed by atoms with Crippen LogP contribution < -0.4 is 28.7 Å². The summed E-state index contributed by atoms with van der Waals surface area (Å²) in [6.45, 7) is 3.43. The summed E-state index contributed by atoms with van der Waals surface area (Å²) in [5.74, 6) is 1.20. The highest BCUT2D eigenvalue weighted by molar-refractivity contribution is 6.17. The third-order valence-electron chi connectivity index (χ3n) is 4.36. The highest BCUT2D eigenvalue weighted by atomic mass is 127. The van der Waals surface area contributed by atoms with Gasteiger partial charge in [-0.25, -0.2) is 0 Å². The number of quaternary nitrogens is 1. The third kappa shape index (κ3) is 5.11. The number of carbonyl (C=O) groups excluding carboxylic acids is 1. The van der Waals surface area contributed by atoms with Gasteiger partial charge in [0.15, 0.2) is 0 Å². The van der Waals surface area contributed by atoms with E-state index in [1.165, 1.54) is 0 Å². The molecule has 1 heterocycles. The Hall–Kier alpha value is -1.86. The van der Waals surface area contributed by atoms with Gasteiger partial charge in [-0.15, -0.1) is 0 Å². The second-order valence-electron chi connectivity index (χ2n) is 7.57. The number of ether oxygens (including phenoxy) is 1. The topological polar surface area (TPSA) is 39.4 Å². The van der Waals surface area contributed by atoms with Gasteiger partial charge in [0, 0.05) is 11.8 Å². The van der Waals surface area contributed by atoms with E-state index >= 15 is 0 Å². The quantitative estimate of drug-likeness (QED) is 0.223. The fourth-order valence-corrected chi connectivity index (χ4v) is 3.09. The van der Waals surface area contributed by atoms with Crippen molar-refractivity contribution in [2.24, 2.45) is 0 Å². The van der Waals surface area contributed by atoms with Crippen LogP contribution in [0.5, 0.6) is 5.75 Å². The normalized spacial score (nSPS) is 11.3. The number of furan rings is 1. The standard InChI is InChI=1S/C22H26NO3.HI/c1-16-21(17-10-5-8-13-20(17)26-16)22(24)18-11-6-7-12-19(18)25-15-9-14-23(2,3)4;/h5-8,10-13H,9,14-15H2,1-4H3;1H/q+1;/p-1. The fraction of sp³-hybridized carbons (Fsp3) is 0.318. The van der Waals surface area contributed by atoms with Crippen molar-refractivity contribution in [1.29, 1.82) is 0 Å². The molecule has 144 valence electrons. The van der Waals surface area contributed by atoms with Crippen LogP contribution in [0.4, 0.5) is 0 Å². The molecule has 4 nitrogen and oxygen atoms in total. The van der Waals surface area contributed by atoms with Gasteiger partial charge in [-0.2, -0.15) is 0 Å². The highest BCUT2D eigenvalue weighted by Gasteiger charge is 2.22. The third-order valence-corrected chi connectivity index (χ3v) is 4.36. The summed E-state index contributed by atoms with van der Waals surface area (Å²) in [6.07, 6.45) is 0.930. The molecule has 0 N–H and O–H groups in total. The largest absolute Gasteiger partial charge is 1.00 e.